The van der Waals surface area contributed by atoms with Crippen LogP contribution in [0.25, 0.3) is 0 Å². The lowest BCUT2D eigenvalue weighted by molar-refractivity contribution is -0.870. The molecular formula is C73H136N2O7P+. The number of esters is 1. The number of nitrogens with one attached hydrogen (secondary N) is 1. The Balaban J connectivity index is 5.12. The molecular weight excluding hydrogens is 1050 g/mol. The summed E-state index contributed by atoms with van der Waals surface area (Å²) in [5, 5.41) is 3.07. The van der Waals surface area contributed by atoms with E-state index in [0.717, 1.165) is 103 Å². The van der Waals surface area contributed by atoms with Crippen LogP contribution in [0, 0.1) is 0 Å². The summed E-state index contributed by atoms with van der Waals surface area (Å²) in [5.74, 6) is -0.499. The van der Waals surface area contributed by atoms with Crippen LogP contribution in [0.2, 0.25) is 0 Å². The van der Waals surface area contributed by atoms with E-state index in [1.807, 2.05) is 33.3 Å². The molecule has 83 heavy (non-hydrogen) atoms. The van der Waals surface area contributed by atoms with Crippen LogP contribution in [0.15, 0.2) is 72.9 Å². The quantitative estimate of drug-likeness (QED) is 0.0205. The Hall–Kier alpha value is -2.55. The summed E-state index contributed by atoms with van der Waals surface area (Å²) in [4.78, 5) is 37.9. The molecule has 0 aliphatic rings. The number of ether oxygens (including phenoxy) is 1. The number of likely N-dealkylation sites (N-methyl/N-ethyl adjacent to an activating group) is 1. The third kappa shape index (κ3) is 63.8. The highest BCUT2D eigenvalue weighted by molar-refractivity contribution is 7.47. The molecule has 0 bridgehead atoms. The largest absolute Gasteiger partial charge is 0.472 e. The molecule has 0 aliphatic heterocycles. The molecule has 0 heterocycles. The number of phosphoric acid groups is 1. The maximum Gasteiger partial charge on any atom is 0.472 e. The second-order valence-corrected chi connectivity index (χ2v) is 26.5. The first kappa shape index (κ1) is 80.5. The van der Waals surface area contributed by atoms with Crippen LogP contribution in [0.3, 0.4) is 0 Å². The molecule has 9 nitrogen and oxygen atoms in total. The van der Waals surface area contributed by atoms with Gasteiger partial charge in [-0.2, -0.15) is 0 Å². The number of allylic oxidation sites excluding steroid dienone is 11. The van der Waals surface area contributed by atoms with Gasteiger partial charge in [-0.3, -0.25) is 18.6 Å². The number of phosphoric ester groups is 1. The van der Waals surface area contributed by atoms with E-state index in [0.29, 0.717) is 17.4 Å². The van der Waals surface area contributed by atoms with Gasteiger partial charge in [-0.1, -0.05) is 312 Å². The average molecular weight is 1180 g/mol. The predicted molar refractivity (Wildman–Crippen MR) is 360 cm³/mol. The smallest absolute Gasteiger partial charge is 0.456 e. The first-order chi connectivity index (χ1) is 40.4. The minimum Gasteiger partial charge on any atom is -0.456 e. The molecule has 0 aromatic carbocycles. The molecule has 0 spiro atoms. The number of rotatable bonds is 64. The SMILES string of the molecule is CC/C=C\C/C=C\C/C=C\C/C=C\C/C=C\CCCCCCCCCCCC(=O)OC(/C=C/CCCCCCCCCCCCC)C(COP(=O)(O)OCC[N+](C)(C)C)NC(=O)CCCCCCCCCCCCCCCCCCCCC. The fourth-order valence-corrected chi connectivity index (χ4v) is 11.0. The molecule has 0 radical (unpaired) electrons. The molecule has 3 unspecified atom stereocenters. The number of amides is 1. The van der Waals surface area contributed by atoms with E-state index in [2.05, 4.69) is 86.8 Å². The van der Waals surface area contributed by atoms with Crippen molar-refractivity contribution < 1.29 is 37.3 Å². The van der Waals surface area contributed by atoms with Gasteiger partial charge in [-0.15, -0.1) is 0 Å². The zero-order valence-corrected chi connectivity index (χ0v) is 56.3. The summed E-state index contributed by atoms with van der Waals surface area (Å²) in [7, 11) is 1.50. The molecule has 0 fully saturated rings. The summed E-state index contributed by atoms with van der Waals surface area (Å²) < 4.78 is 30.8. The van der Waals surface area contributed by atoms with Gasteiger partial charge in [0, 0.05) is 12.8 Å². The Morgan fingerprint density at radius 2 is 0.771 bits per heavy atom. The topological polar surface area (TPSA) is 111 Å². The van der Waals surface area contributed by atoms with Crippen LogP contribution in [0.4, 0.5) is 0 Å². The maximum absolute atomic E-state index is 13.6. The van der Waals surface area contributed by atoms with E-state index in [-0.39, 0.29) is 31.5 Å². The van der Waals surface area contributed by atoms with Gasteiger partial charge in [0.05, 0.1) is 33.8 Å². The number of hydrogen-bond donors (Lipinski definition) is 2. The minimum absolute atomic E-state index is 0.0391. The van der Waals surface area contributed by atoms with Crippen molar-refractivity contribution in [2.45, 2.75) is 341 Å². The van der Waals surface area contributed by atoms with Crippen molar-refractivity contribution in [3.63, 3.8) is 0 Å². The van der Waals surface area contributed by atoms with Crippen molar-refractivity contribution in [3.8, 4) is 0 Å². The van der Waals surface area contributed by atoms with Gasteiger partial charge in [0.15, 0.2) is 0 Å². The molecule has 0 rings (SSSR count). The molecule has 0 aromatic heterocycles. The first-order valence-corrected chi connectivity index (χ1v) is 36.8. The highest BCUT2D eigenvalue weighted by Crippen LogP contribution is 2.43. The van der Waals surface area contributed by atoms with E-state index < -0.39 is 20.0 Å². The fourth-order valence-electron chi connectivity index (χ4n) is 10.3. The van der Waals surface area contributed by atoms with Crippen LogP contribution < -0.4 is 5.32 Å². The Labute approximate surface area is 514 Å². The predicted octanol–water partition coefficient (Wildman–Crippen LogP) is 22.3. The van der Waals surface area contributed by atoms with Crippen LogP contribution >= 0.6 is 7.82 Å². The van der Waals surface area contributed by atoms with Gasteiger partial charge in [0.25, 0.3) is 0 Å². The molecule has 1 amide bonds. The molecule has 10 heteroatoms. The molecule has 0 aromatic rings. The van der Waals surface area contributed by atoms with Crippen LogP contribution in [0.1, 0.15) is 329 Å². The van der Waals surface area contributed by atoms with Crippen molar-refractivity contribution in [3.05, 3.63) is 72.9 Å². The lowest BCUT2D eigenvalue weighted by Crippen LogP contribution is -2.47. The maximum atomic E-state index is 13.6. The minimum atomic E-state index is -4.46. The van der Waals surface area contributed by atoms with E-state index in [9.17, 15) is 19.0 Å². The number of hydrogen-bond acceptors (Lipinski definition) is 6. The van der Waals surface area contributed by atoms with Crippen molar-refractivity contribution in [1.82, 2.24) is 5.32 Å². The van der Waals surface area contributed by atoms with Crippen molar-refractivity contribution in [1.29, 1.82) is 0 Å². The second kappa shape index (κ2) is 62.5. The summed E-state index contributed by atoms with van der Waals surface area (Å²) in [5.41, 5.74) is 0. The Morgan fingerprint density at radius 3 is 1.16 bits per heavy atom. The number of nitrogens with zero attached hydrogens (tertiary/aromatic N) is 1. The Bertz CT molecular complexity index is 1650. The molecule has 0 saturated heterocycles. The number of carbonyl (C=O) groups is 2. The summed E-state index contributed by atoms with van der Waals surface area (Å²) in [6.07, 6.45) is 81.9. The van der Waals surface area contributed by atoms with Crippen molar-refractivity contribution >= 4 is 19.7 Å². The zero-order chi connectivity index (χ0) is 60.7. The molecule has 2 N–H and O–H groups in total. The van der Waals surface area contributed by atoms with Gasteiger partial charge in [0.2, 0.25) is 5.91 Å². The summed E-state index contributed by atoms with van der Waals surface area (Å²) >= 11 is 0. The molecule has 484 valence electrons. The van der Waals surface area contributed by atoms with Crippen molar-refractivity contribution in [2.24, 2.45) is 0 Å². The lowest BCUT2D eigenvalue weighted by Gasteiger charge is -2.27. The third-order valence-electron chi connectivity index (χ3n) is 15.7. The number of quaternary nitrogens is 1. The van der Waals surface area contributed by atoms with Gasteiger partial charge >= 0.3 is 13.8 Å². The van der Waals surface area contributed by atoms with Crippen LogP contribution in [-0.4, -0.2) is 74.3 Å². The van der Waals surface area contributed by atoms with Crippen LogP contribution in [-0.2, 0) is 27.9 Å². The highest BCUT2D eigenvalue weighted by Gasteiger charge is 2.30. The zero-order valence-electron chi connectivity index (χ0n) is 55.4. The van der Waals surface area contributed by atoms with Gasteiger partial charge < -0.3 is 19.4 Å². The number of carbonyl (C=O) groups excluding carboxylic acids is 2. The van der Waals surface area contributed by atoms with Gasteiger partial charge in [0.1, 0.15) is 19.3 Å². The third-order valence-corrected chi connectivity index (χ3v) is 16.6. The second-order valence-electron chi connectivity index (χ2n) is 25.0. The fraction of sp³-hybridized carbons (Fsp3) is 0.808. The normalized spacial score (nSPS) is 14.0. The number of unbranched alkanes of at least 4 members (excludes halogenated alkanes) is 38. The Morgan fingerprint density at radius 1 is 0.434 bits per heavy atom. The van der Waals surface area contributed by atoms with Gasteiger partial charge in [-0.25, -0.2) is 4.57 Å². The van der Waals surface area contributed by atoms with E-state index in [1.165, 1.54) is 193 Å². The monoisotopic (exact) mass is 1180 g/mol. The first-order valence-electron chi connectivity index (χ1n) is 35.3. The summed E-state index contributed by atoms with van der Waals surface area (Å²) in [6, 6.07) is -0.852. The van der Waals surface area contributed by atoms with Crippen LogP contribution in [0.5, 0.6) is 0 Å². The molecule has 3 atom stereocenters. The lowest BCUT2D eigenvalue weighted by atomic mass is 10.0. The standard InChI is InChI=1S/C73H135N2O7P/c1-7-10-13-16-19-22-25-28-30-32-34-35-36-37-38-39-41-43-45-48-51-54-57-60-63-66-73(77)82-71(64-61-58-55-52-49-46-27-24-21-18-15-12-9-3)70(69-81-83(78,79)80-68-67-75(4,5)6)74-72(76)65-62-59-56-53-50-47-44-42-40-33-31-29-26-23-20-17-14-11-8-2/h10,13,19,22,28,30,34-35,37-38,61,64,70-71H,7-9,11-12,14-18,20-21,23-27,29,31-33,36,39-60,62-63,65-69H2,1-6H3,(H-,74,76,78,79)/p+1/b13-10-,22-19-,30-28-,35-34-,38-37-,64-61+. The van der Waals surface area contributed by atoms with E-state index in [1.54, 1.807) is 0 Å². The van der Waals surface area contributed by atoms with E-state index >= 15 is 0 Å². The summed E-state index contributed by atoms with van der Waals surface area (Å²) in [6.45, 7) is 6.94. The average Bonchev–Trinajstić information content (AvgIpc) is 3.46. The van der Waals surface area contributed by atoms with Gasteiger partial charge in [-0.05, 0) is 76.7 Å². The highest BCUT2D eigenvalue weighted by atomic mass is 31.2. The molecule has 0 saturated carbocycles. The Kier molecular flexibility index (Phi) is 60.6. The van der Waals surface area contributed by atoms with Crippen molar-refractivity contribution in [2.75, 3.05) is 40.9 Å². The van der Waals surface area contributed by atoms with E-state index in [4.69, 9.17) is 13.8 Å². The molecule has 0 aliphatic carbocycles.